The minimum absolute atomic E-state index is 0.433. The molecule has 1 heterocycles. The molecule has 0 aromatic carbocycles. The van der Waals surface area contributed by atoms with Crippen LogP contribution in [0.5, 0.6) is 0 Å². The average molecular weight is 288 g/mol. The molecule has 21 heavy (non-hydrogen) atoms. The van der Waals surface area contributed by atoms with Crippen LogP contribution in [0.4, 0.5) is 0 Å². The van der Waals surface area contributed by atoms with Crippen LogP contribution in [0.15, 0.2) is 48.8 Å². The van der Waals surface area contributed by atoms with Crippen molar-refractivity contribution in [3.63, 3.8) is 0 Å². The first kappa shape index (κ1) is 17.4. The summed E-state index contributed by atoms with van der Waals surface area (Å²) < 4.78 is 0. The van der Waals surface area contributed by atoms with Crippen LogP contribution in [0.1, 0.15) is 39.5 Å². The van der Waals surface area contributed by atoms with Crippen LogP contribution < -0.4 is 0 Å². The molecular weight excluding hydrogens is 260 g/mol. The van der Waals surface area contributed by atoms with Crippen molar-refractivity contribution in [3.05, 3.63) is 48.8 Å². The third-order valence-electron chi connectivity index (χ3n) is 3.42. The fourth-order valence-electron chi connectivity index (χ4n) is 2.21. The predicted molar refractivity (Wildman–Crippen MR) is 89.0 cm³/mol. The topological polar surface area (TPSA) is 44.8 Å². The molecule has 0 spiro atoms. The number of hydrogen-bond donors (Lipinski definition) is 1. The van der Waals surface area contributed by atoms with Gasteiger partial charge >= 0.3 is 0 Å². The summed E-state index contributed by atoms with van der Waals surface area (Å²) >= 11 is 0. The van der Waals surface area contributed by atoms with Crippen molar-refractivity contribution in [2.45, 2.75) is 45.6 Å². The molecule has 4 nitrogen and oxygen atoms in total. The van der Waals surface area contributed by atoms with E-state index in [4.69, 9.17) is 0 Å². The largest absolute Gasteiger partial charge is 0.293 e. The highest BCUT2D eigenvalue weighted by Crippen LogP contribution is 2.17. The summed E-state index contributed by atoms with van der Waals surface area (Å²) in [5.41, 5.74) is 1.23. The van der Waals surface area contributed by atoms with Gasteiger partial charge in [-0.3, -0.25) is 4.90 Å². The summed E-state index contributed by atoms with van der Waals surface area (Å²) in [6, 6.07) is 0.433. The van der Waals surface area contributed by atoms with Crippen molar-refractivity contribution in [1.29, 1.82) is 0 Å². The van der Waals surface area contributed by atoms with Crippen molar-refractivity contribution in [3.8, 4) is 0 Å². The average Bonchev–Trinajstić information content (AvgIpc) is 3.08. The summed E-state index contributed by atoms with van der Waals surface area (Å²) in [6.07, 6.45) is 16.9. The van der Waals surface area contributed by atoms with Crippen LogP contribution in [-0.4, -0.2) is 39.4 Å². The molecular formula is C17H28N4. The molecule has 1 aliphatic carbocycles. The molecule has 1 aliphatic rings. The third kappa shape index (κ3) is 7.04. The Kier molecular flexibility index (Phi) is 9.13. The van der Waals surface area contributed by atoms with E-state index in [1.54, 1.807) is 12.4 Å². The second-order valence-electron chi connectivity index (χ2n) is 5.16. The maximum Gasteiger partial charge on any atom is 0.0690 e. The SMILES string of the molecule is C=C1C=CC=CC1N(CCCC)CCCC.c1cn[nH]n1. The lowest BCUT2D eigenvalue weighted by molar-refractivity contribution is 0.245. The predicted octanol–water partition coefficient (Wildman–Crippen LogP) is 3.74. The second kappa shape index (κ2) is 11.0. The molecule has 0 bridgehead atoms. The van der Waals surface area contributed by atoms with Gasteiger partial charge in [0, 0.05) is 0 Å². The Labute approximate surface area is 128 Å². The van der Waals surface area contributed by atoms with E-state index >= 15 is 0 Å². The Balaban J connectivity index is 0.000000369. The fourth-order valence-corrected chi connectivity index (χ4v) is 2.21. The minimum Gasteiger partial charge on any atom is -0.293 e. The Morgan fingerprint density at radius 2 is 1.71 bits per heavy atom. The lowest BCUT2D eigenvalue weighted by atomic mass is 10.0. The third-order valence-corrected chi connectivity index (χ3v) is 3.42. The van der Waals surface area contributed by atoms with Crippen LogP contribution in [0.3, 0.4) is 0 Å². The molecule has 1 aromatic rings. The van der Waals surface area contributed by atoms with Gasteiger partial charge in [0.15, 0.2) is 0 Å². The molecule has 0 saturated heterocycles. The normalized spacial score (nSPS) is 16.9. The molecule has 1 unspecified atom stereocenters. The number of allylic oxidation sites excluding steroid dienone is 2. The molecule has 0 amide bonds. The molecule has 116 valence electrons. The van der Waals surface area contributed by atoms with Gasteiger partial charge in [0.25, 0.3) is 0 Å². The molecule has 0 saturated carbocycles. The lowest BCUT2D eigenvalue weighted by Crippen LogP contribution is -2.37. The minimum atomic E-state index is 0.433. The van der Waals surface area contributed by atoms with E-state index < -0.39 is 0 Å². The molecule has 1 atom stereocenters. The molecule has 4 heteroatoms. The number of nitrogens with zero attached hydrogens (tertiary/aromatic N) is 3. The van der Waals surface area contributed by atoms with E-state index in [0.717, 1.165) is 0 Å². The van der Waals surface area contributed by atoms with Crippen LogP contribution in [0.25, 0.3) is 0 Å². The zero-order valence-electron chi connectivity index (χ0n) is 13.3. The molecule has 0 aliphatic heterocycles. The Morgan fingerprint density at radius 3 is 2.14 bits per heavy atom. The first-order chi connectivity index (χ1) is 10.3. The first-order valence-electron chi connectivity index (χ1n) is 7.87. The number of H-pyrrole nitrogens is 1. The van der Waals surface area contributed by atoms with Gasteiger partial charge in [-0.25, -0.2) is 0 Å². The number of hydrogen-bond acceptors (Lipinski definition) is 3. The lowest BCUT2D eigenvalue weighted by Gasteiger charge is -2.31. The van der Waals surface area contributed by atoms with Crippen LogP contribution in [0, 0.1) is 0 Å². The summed E-state index contributed by atoms with van der Waals surface area (Å²) in [6.45, 7) is 11.0. The van der Waals surface area contributed by atoms with Crippen molar-refractivity contribution in [1.82, 2.24) is 20.3 Å². The number of nitrogens with one attached hydrogen (secondary N) is 1. The number of rotatable bonds is 7. The summed E-state index contributed by atoms with van der Waals surface area (Å²) in [5, 5.41) is 9.33. The summed E-state index contributed by atoms with van der Waals surface area (Å²) in [7, 11) is 0. The molecule has 2 rings (SSSR count). The van der Waals surface area contributed by atoms with Gasteiger partial charge in [0.2, 0.25) is 0 Å². The highest BCUT2D eigenvalue weighted by molar-refractivity contribution is 5.34. The van der Waals surface area contributed by atoms with E-state index in [9.17, 15) is 0 Å². The number of aromatic nitrogens is 3. The van der Waals surface area contributed by atoms with Gasteiger partial charge in [0.05, 0.1) is 18.4 Å². The molecule has 0 radical (unpaired) electrons. The molecule has 1 aromatic heterocycles. The zero-order chi connectivity index (χ0) is 15.3. The Morgan fingerprint density at radius 1 is 1.10 bits per heavy atom. The standard InChI is InChI=1S/C15H25N.C2H3N3/c1-4-6-12-16(13-7-5-2)15-11-9-8-10-14(15)3;1-2-4-5-3-1/h8-11,15H,3-7,12-13H2,1-2H3;1-2H,(H,3,4,5). The molecule has 0 fully saturated rings. The number of unbranched alkanes of at least 4 members (excludes halogenated alkanes) is 2. The summed E-state index contributed by atoms with van der Waals surface area (Å²) in [4.78, 5) is 2.56. The van der Waals surface area contributed by atoms with Gasteiger partial charge < -0.3 is 0 Å². The fraction of sp³-hybridized carbons (Fsp3) is 0.529. The maximum absolute atomic E-state index is 4.15. The Hall–Kier alpha value is -1.68. The quantitative estimate of drug-likeness (QED) is 0.831. The number of aromatic amines is 1. The van der Waals surface area contributed by atoms with Crippen LogP contribution >= 0.6 is 0 Å². The summed E-state index contributed by atoms with van der Waals surface area (Å²) in [5.74, 6) is 0. The van der Waals surface area contributed by atoms with Crippen LogP contribution in [0.2, 0.25) is 0 Å². The van der Waals surface area contributed by atoms with E-state index in [0.29, 0.717) is 6.04 Å². The van der Waals surface area contributed by atoms with Crippen molar-refractivity contribution in [2.24, 2.45) is 0 Å². The second-order valence-corrected chi connectivity index (χ2v) is 5.16. The van der Waals surface area contributed by atoms with Gasteiger partial charge in [-0.2, -0.15) is 15.4 Å². The smallest absolute Gasteiger partial charge is 0.0690 e. The van der Waals surface area contributed by atoms with E-state index in [1.165, 1.54) is 44.3 Å². The van der Waals surface area contributed by atoms with E-state index in [-0.39, 0.29) is 0 Å². The zero-order valence-corrected chi connectivity index (χ0v) is 13.3. The van der Waals surface area contributed by atoms with E-state index in [1.807, 2.05) is 0 Å². The highest BCUT2D eigenvalue weighted by atomic mass is 15.3. The Bertz CT molecular complexity index is 395. The van der Waals surface area contributed by atoms with Gasteiger partial charge in [-0.05, 0) is 31.5 Å². The maximum atomic E-state index is 4.15. The van der Waals surface area contributed by atoms with E-state index in [2.05, 4.69) is 65.0 Å². The van der Waals surface area contributed by atoms with Crippen molar-refractivity contribution in [2.75, 3.05) is 13.1 Å². The van der Waals surface area contributed by atoms with Crippen LogP contribution in [-0.2, 0) is 0 Å². The monoisotopic (exact) mass is 288 g/mol. The van der Waals surface area contributed by atoms with Gasteiger partial charge in [-0.1, -0.05) is 57.6 Å². The first-order valence-corrected chi connectivity index (χ1v) is 7.87. The highest BCUT2D eigenvalue weighted by Gasteiger charge is 2.17. The van der Waals surface area contributed by atoms with Crippen molar-refractivity contribution >= 4 is 0 Å². The van der Waals surface area contributed by atoms with Gasteiger partial charge in [0.1, 0.15) is 0 Å². The van der Waals surface area contributed by atoms with Crippen molar-refractivity contribution < 1.29 is 0 Å². The van der Waals surface area contributed by atoms with Gasteiger partial charge in [-0.15, -0.1) is 0 Å². The molecule has 1 N–H and O–H groups in total.